The number of benzene rings is 1. The van der Waals surface area contributed by atoms with Crippen LogP contribution in [-0.4, -0.2) is 9.55 Å². The zero-order chi connectivity index (χ0) is 16.2. The molecule has 0 N–H and O–H groups in total. The summed E-state index contributed by atoms with van der Waals surface area (Å²) in [6.45, 7) is 2.62. The third-order valence-corrected chi connectivity index (χ3v) is 3.80. The maximum Gasteiger partial charge on any atom is 0.192 e. The molecule has 0 unspecified atom stereocenters. The van der Waals surface area contributed by atoms with E-state index in [-0.39, 0.29) is 11.2 Å². The fraction of sp³-hybridized carbons (Fsp3) is 0.158. The second-order valence-corrected chi connectivity index (χ2v) is 5.41. The molecule has 0 aliphatic rings. The van der Waals surface area contributed by atoms with Gasteiger partial charge in [-0.25, -0.2) is 4.39 Å². The van der Waals surface area contributed by atoms with Gasteiger partial charge in [0.25, 0.3) is 0 Å². The van der Waals surface area contributed by atoms with E-state index in [0.717, 1.165) is 16.7 Å². The Balaban J connectivity index is 2.07. The lowest BCUT2D eigenvalue weighted by atomic mass is 10.0. The summed E-state index contributed by atoms with van der Waals surface area (Å²) in [6, 6.07) is 9.92. The Bertz CT molecular complexity index is 855. The van der Waals surface area contributed by atoms with E-state index in [4.69, 9.17) is 0 Å². The van der Waals surface area contributed by atoms with Gasteiger partial charge in [-0.15, -0.1) is 0 Å². The molecule has 2 heterocycles. The molecule has 23 heavy (non-hydrogen) atoms. The van der Waals surface area contributed by atoms with Gasteiger partial charge < -0.3 is 4.57 Å². The van der Waals surface area contributed by atoms with E-state index < -0.39 is 0 Å². The second kappa shape index (κ2) is 6.57. The Labute approximate surface area is 134 Å². The Morgan fingerprint density at radius 2 is 1.74 bits per heavy atom. The highest BCUT2D eigenvalue weighted by molar-refractivity contribution is 5.63. The van der Waals surface area contributed by atoms with Gasteiger partial charge in [0.15, 0.2) is 5.43 Å². The molecular formula is C19H17FN2O. The largest absolute Gasteiger partial charge is 0.349 e. The topological polar surface area (TPSA) is 34.9 Å². The minimum atomic E-state index is -0.308. The van der Waals surface area contributed by atoms with Crippen LogP contribution in [0.25, 0.3) is 11.1 Å². The van der Waals surface area contributed by atoms with Crippen molar-refractivity contribution in [3.8, 4) is 11.1 Å². The summed E-state index contributed by atoms with van der Waals surface area (Å²) in [4.78, 5) is 16.6. The predicted octanol–water partition coefficient (Wildman–Crippen LogP) is 3.66. The zero-order valence-corrected chi connectivity index (χ0v) is 12.9. The summed E-state index contributed by atoms with van der Waals surface area (Å²) in [7, 11) is 0. The highest BCUT2D eigenvalue weighted by atomic mass is 19.1. The van der Waals surface area contributed by atoms with Crippen molar-refractivity contribution in [3.63, 3.8) is 0 Å². The average molecular weight is 308 g/mol. The first-order valence-electron chi connectivity index (χ1n) is 7.55. The number of aryl methyl sites for hydroxylation is 1. The van der Waals surface area contributed by atoms with Crippen molar-refractivity contribution in [1.82, 2.24) is 9.55 Å². The molecule has 0 bridgehead atoms. The van der Waals surface area contributed by atoms with E-state index in [9.17, 15) is 9.18 Å². The molecule has 116 valence electrons. The summed E-state index contributed by atoms with van der Waals surface area (Å²) < 4.78 is 15.1. The van der Waals surface area contributed by atoms with E-state index >= 15 is 0 Å². The first-order chi connectivity index (χ1) is 11.2. The van der Waals surface area contributed by atoms with Crippen LogP contribution in [0.4, 0.5) is 4.39 Å². The Hall–Kier alpha value is -2.75. The standard InChI is InChI=1S/C19H17FN2O/c1-2-15-12-22(11-14-7-9-21-10-8-14)13-18(19(15)23)16-3-5-17(20)6-4-16/h3-10,12-13H,2,11H2,1H3. The monoisotopic (exact) mass is 308 g/mol. The maximum atomic E-state index is 13.1. The lowest BCUT2D eigenvalue weighted by Gasteiger charge is -2.12. The lowest BCUT2D eigenvalue weighted by molar-refractivity contribution is 0.628. The van der Waals surface area contributed by atoms with Crippen molar-refractivity contribution in [3.05, 3.63) is 88.4 Å². The molecule has 3 nitrogen and oxygen atoms in total. The molecule has 0 saturated heterocycles. The van der Waals surface area contributed by atoms with Gasteiger partial charge in [0.1, 0.15) is 5.82 Å². The van der Waals surface area contributed by atoms with Crippen LogP contribution in [0, 0.1) is 5.82 Å². The van der Waals surface area contributed by atoms with Gasteiger partial charge in [-0.1, -0.05) is 19.1 Å². The van der Waals surface area contributed by atoms with Crippen molar-refractivity contribution in [2.75, 3.05) is 0 Å². The summed E-state index contributed by atoms with van der Waals surface area (Å²) in [5, 5.41) is 0. The molecule has 0 radical (unpaired) electrons. The molecule has 0 atom stereocenters. The summed E-state index contributed by atoms with van der Waals surface area (Å²) in [6.07, 6.45) is 7.87. The smallest absolute Gasteiger partial charge is 0.192 e. The van der Waals surface area contributed by atoms with Gasteiger partial charge in [0, 0.05) is 42.5 Å². The third-order valence-electron chi connectivity index (χ3n) is 3.80. The Kier molecular flexibility index (Phi) is 4.33. The molecule has 0 spiro atoms. The minimum Gasteiger partial charge on any atom is -0.349 e. The lowest BCUT2D eigenvalue weighted by Crippen LogP contribution is -2.15. The van der Waals surface area contributed by atoms with E-state index in [0.29, 0.717) is 18.5 Å². The highest BCUT2D eigenvalue weighted by Gasteiger charge is 2.09. The van der Waals surface area contributed by atoms with E-state index in [1.165, 1.54) is 12.1 Å². The van der Waals surface area contributed by atoms with Gasteiger partial charge >= 0.3 is 0 Å². The molecular weight excluding hydrogens is 291 g/mol. The van der Waals surface area contributed by atoms with Gasteiger partial charge in [0.05, 0.1) is 0 Å². The van der Waals surface area contributed by atoms with Crippen molar-refractivity contribution >= 4 is 0 Å². The molecule has 2 aromatic heterocycles. The molecule has 0 fully saturated rings. The van der Waals surface area contributed by atoms with Crippen LogP contribution >= 0.6 is 0 Å². The average Bonchev–Trinajstić information content (AvgIpc) is 2.58. The second-order valence-electron chi connectivity index (χ2n) is 5.41. The fourth-order valence-corrected chi connectivity index (χ4v) is 2.57. The van der Waals surface area contributed by atoms with Gasteiger partial charge in [-0.3, -0.25) is 9.78 Å². The number of aromatic nitrogens is 2. The number of nitrogens with zero attached hydrogens (tertiary/aromatic N) is 2. The van der Waals surface area contributed by atoms with E-state index in [1.807, 2.05) is 36.0 Å². The van der Waals surface area contributed by atoms with Crippen molar-refractivity contribution < 1.29 is 4.39 Å². The van der Waals surface area contributed by atoms with Crippen molar-refractivity contribution in [2.24, 2.45) is 0 Å². The first kappa shape index (κ1) is 15.2. The molecule has 1 aromatic carbocycles. The van der Waals surface area contributed by atoms with E-state index in [2.05, 4.69) is 4.98 Å². The van der Waals surface area contributed by atoms with Crippen LogP contribution in [0.15, 0.2) is 66.0 Å². The van der Waals surface area contributed by atoms with Crippen LogP contribution in [-0.2, 0) is 13.0 Å². The summed E-state index contributed by atoms with van der Waals surface area (Å²) >= 11 is 0. The SMILES string of the molecule is CCc1cn(Cc2ccncc2)cc(-c2ccc(F)cc2)c1=O. The summed E-state index contributed by atoms with van der Waals surface area (Å²) in [5.41, 5.74) is 3.19. The predicted molar refractivity (Wildman–Crippen MR) is 88.8 cm³/mol. The van der Waals surface area contributed by atoms with Crippen LogP contribution in [0.3, 0.4) is 0 Å². The molecule has 0 aliphatic heterocycles. The number of pyridine rings is 2. The maximum absolute atomic E-state index is 13.1. The number of halogens is 1. The zero-order valence-electron chi connectivity index (χ0n) is 12.9. The van der Waals surface area contributed by atoms with Gasteiger partial charge in [-0.2, -0.15) is 0 Å². The number of rotatable bonds is 4. The first-order valence-corrected chi connectivity index (χ1v) is 7.55. The molecule has 4 heteroatoms. The molecule has 0 saturated carbocycles. The van der Waals surface area contributed by atoms with Crippen LogP contribution in [0.1, 0.15) is 18.1 Å². The number of hydrogen-bond acceptors (Lipinski definition) is 2. The molecule has 0 amide bonds. The number of hydrogen-bond donors (Lipinski definition) is 0. The fourth-order valence-electron chi connectivity index (χ4n) is 2.57. The molecule has 3 rings (SSSR count). The molecule has 3 aromatic rings. The van der Waals surface area contributed by atoms with Crippen molar-refractivity contribution in [2.45, 2.75) is 19.9 Å². The van der Waals surface area contributed by atoms with Gasteiger partial charge in [0.2, 0.25) is 0 Å². The van der Waals surface area contributed by atoms with Crippen LogP contribution < -0.4 is 5.43 Å². The van der Waals surface area contributed by atoms with Crippen LogP contribution in [0.5, 0.6) is 0 Å². The van der Waals surface area contributed by atoms with Gasteiger partial charge in [-0.05, 0) is 41.8 Å². The van der Waals surface area contributed by atoms with Crippen molar-refractivity contribution in [1.29, 1.82) is 0 Å². The third kappa shape index (κ3) is 3.37. The minimum absolute atomic E-state index is 0.00471. The van der Waals surface area contributed by atoms with E-state index in [1.54, 1.807) is 24.5 Å². The summed E-state index contributed by atoms with van der Waals surface area (Å²) in [5.74, 6) is -0.308. The Morgan fingerprint density at radius 3 is 2.39 bits per heavy atom. The quantitative estimate of drug-likeness (QED) is 0.737. The normalized spacial score (nSPS) is 10.7. The molecule has 0 aliphatic carbocycles. The van der Waals surface area contributed by atoms with Crippen LogP contribution in [0.2, 0.25) is 0 Å². The Morgan fingerprint density at radius 1 is 1.04 bits per heavy atom. The highest BCUT2D eigenvalue weighted by Crippen LogP contribution is 2.17.